The van der Waals surface area contributed by atoms with Gasteiger partial charge < -0.3 is 10.1 Å². The lowest BCUT2D eigenvalue weighted by Crippen LogP contribution is -2.51. The lowest BCUT2D eigenvalue weighted by Gasteiger charge is -2.35. The number of amides is 1. The fraction of sp³-hybridized carbons (Fsp3) is 0.435. The van der Waals surface area contributed by atoms with Crippen molar-refractivity contribution in [3.05, 3.63) is 64.7 Å². The third kappa shape index (κ3) is 5.32. The molecule has 3 N–H and O–H groups in total. The van der Waals surface area contributed by atoms with Gasteiger partial charge in [0.05, 0.1) is 19.7 Å². The molecule has 2 unspecified atom stereocenters. The van der Waals surface area contributed by atoms with Gasteiger partial charge in [0.15, 0.2) is 0 Å². The van der Waals surface area contributed by atoms with Gasteiger partial charge >= 0.3 is 0 Å². The Kier molecular flexibility index (Phi) is 6.89. The average molecular weight is 429 g/mol. The second-order valence-corrected chi connectivity index (χ2v) is 8.48. The zero-order valence-corrected chi connectivity index (χ0v) is 18.0. The van der Waals surface area contributed by atoms with Gasteiger partial charge in [-0.25, -0.2) is 10.9 Å². The lowest BCUT2D eigenvalue weighted by molar-refractivity contribution is -0.121. The Balaban J connectivity index is 1.21. The standard InChI is InChI=1S/C23H29ClN4O2/c1-30-20-8-2-16(3-9-20)14-23(29)25-19-10-12-28(13-11-19)22-15-21(26-27-22)17-4-6-18(24)7-5-17/h2-9,19,21-22,26-27H,10-15H2,1H3,(H,25,29). The van der Waals surface area contributed by atoms with Gasteiger partial charge in [-0.3, -0.25) is 9.69 Å². The number of carbonyl (C=O) groups is 1. The van der Waals surface area contributed by atoms with Crippen LogP contribution >= 0.6 is 11.6 Å². The summed E-state index contributed by atoms with van der Waals surface area (Å²) >= 11 is 6.00. The smallest absolute Gasteiger partial charge is 0.224 e. The molecule has 0 spiro atoms. The van der Waals surface area contributed by atoms with Gasteiger partial charge in [0.2, 0.25) is 5.91 Å². The number of carbonyl (C=O) groups excluding carboxylic acids is 1. The Morgan fingerprint density at radius 3 is 2.47 bits per heavy atom. The number of methoxy groups -OCH3 is 1. The minimum atomic E-state index is 0.0853. The normalized spacial score (nSPS) is 22.7. The number of rotatable bonds is 6. The van der Waals surface area contributed by atoms with Crippen molar-refractivity contribution in [3.8, 4) is 5.75 Å². The molecule has 0 saturated carbocycles. The maximum absolute atomic E-state index is 12.4. The van der Waals surface area contributed by atoms with Gasteiger partial charge in [-0.1, -0.05) is 35.9 Å². The van der Waals surface area contributed by atoms with Gasteiger partial charge in [-0.2, -0.15) is 0 Å². The summed E-state index contributed by atoms with van der Waals surface area (Å²) in [7, 11) is 1.64. The maximum Gasteiger partial charge on any atom is 0.224 e. The first-order valence-corrected chi connectivity index (χ1v) is 10.9. The lowest BCUT2D eigenvalue weighted by atomic mass is 10.0. The Bertz CT molecular complexity index is 835. The first kappa shape index (κ1) is 21.1. The molecule has 1 amide bonds. The molecule has 2 atom stereocenters. The molecule has 0 aliphatic carbocycles. The van der Waals surface area contributed by atoms with Crippen LogP contribution in [0.25, 0.3) is 0 Å². The summed E-state index contributed by atoms with van der Waals surface area (Å²) in [5, 5.41) is 3.96. The zero-order chi connectivity index (χ0) is 20.9. The Morgan fingerprint density at radius 1 is 1.10 bits per heavy atom. The van der Waals surface area contributed by atoms with Crippen LogP contribution in [0.4, 0.5) is 0 Å². The number of nitrogens with one attached hydrogen (secondary N) is 3. The number of hydrazine groups is 1. The van der Waals surface area contributed by atoms with Crippen molar-refractivity contribution in [2.24, 2.45) is 0 Å². The van der Waals surface area contributed by atoms with Gasteiger partial charge in [0.1, 0.15) is 5.75 Å². The minimum Gasteiger partial charge on any atom is -0.497 e. The van der Waals surface area contributed by atoms with E-state index in [-0.39, 0.29) is 18.0 Å². The fourth-order valence-corrected chi connectivity index (χ4v) is 4.38. The molecule has 2 aliphatic heterocycles. The summed E-state index contributed by atoms with van der Waals surface area (Å²) in [4.78, 5) is 14.9. The fourth-order valence-electron chi connectivity index (χ4n) is 4.26. The number of benzene rings is 2. The van der Waals surface area contributed by atoms with E-state index < -0.39 is 0 Å². The molecule has 2 saturated heterocycles. The summed E-state index contributed by atoms with van der Waals surface area (Å²) in [6, 6.07) is 16.2. The van der Waals surface area contributed by atoms with Crippen molar-refractivity contribution in [3.63, 3.8) is 0 Å². The number of piperidine rings is 1. The first-order valence-electron chi connectivity index (χ1n) is 10.5. The van der Waals surface area contributed by atoms with Crippen molar-refractivity contribution >= 4 is 17.5 Å². The highest BCUT2D eigenvalue weighted by molar-refractivity contribution is 6.30. The van der Waals surface area contributed by atoms with Crippen molar-refractivity contribution in [2.75, 3.05) is 20.2 Å². The van der Waals surface area contributed by atoms with Crippen molar-refractivity contribution in [1.82, 2.24) is 21.1 Å². The summed E-state index contributed by atoms with van der Waals surface area (Å²) in [6.45, 7) is 1.94. The molecule has 6 nitrogen and oxygen atoms in total. The molecule has 0 radical (unpaired) electrons. The molecule has 2 fully saturated rings. The van der Waals surface area contributed by atoms with E-state index >= 15 is 0 Å². The van der Waals surface area contributed by atoms with Crippen LogP contribution < -0.4 is 20.9 Å². The van der Waals surface area contributed by atoms with Crippen LogP contribution in [-0.4, -0.2) is 43.2 Å². The van der Waals surface area contributed by atoms with E-state index in [1.807, 2.05) is 36.4 Å². The van der Waals surface area contributed by atoms with Crippen LogP contribution in [0.1, 0.15) is 36.4 Å². The first-order chi connectivity index (χ1) is 14.6. The minimum absolute atomic E-state index is 0.0853. The number of ether oxygens (including phenoxy) is 1. The van der Waals surface area contributed by atoms with E-state index in [1.54, 1.807) is 7.11 Å². The van der Waals surface area contributed by atoms with E-state index in [1.165, 1.54) is 5.56 Å². The second-order valence-electron chi connectivity index (χ2n) is 8.05. The molecule has 160 valence electrons. The van der Waals surface area contributed by atoms with Crippen LogP contribution in [-0.2, 0) is 11.2 Å². The number of hydrogen-bond donors (Lipinski definition) is 3. The average Bonchev–Trinajstić information content (AvgIpc) is 3.25. The Hall–Kier alpha value is -2.12. The number of halogens is 1. The van der Waals surface area contributed by atoms with E-state index in [4.69, 9.17) is 16.3 Å². The molecule has 2 aliphatic rings. The molecule has 7 heteroatoms. The maximum atomic E-state index is 12.4. The largest absolute Gasteiger partial charge is 0.497 e. The third-order valence-corrected chi connectivity index (χ3v) is 6.27. The summed E-state index contributed by atoms with van der Waals surface area (Å²) in [5.74, 6) is 0.891. The monoisotopic (exact) mass is 428 g/mol. The van der Waals surface area contributed by atoms with Crippen LogP contribution in [0.3, 0.4) is 0 Å². The predicted octanol–water partition coefficient (Wildman–Crippen LogP) is 3.04. The van der Waals surface area contributed by atoms with E-state index in [0.717, 1.165) is 48.7 Å². The number of hydrogen-bond acceptors (Lipinski definition) is 5. The van der Waals surface area contributed by atoms with E-state index in [9.17, 15) is 4.79 Å². The molecule has 0 aromatic heterocycles. The topological polar surface area (TPSA) is 65.6 Å². The quantitative estimate of drug-likeness (QED) is 0.660. The zero-order valence-electron chi connectivity index (χ0n) is 17.2. The molecule has 0 bridgehead atoms. The highest BCUT2D eigenvalue weighted by Gasteiger charge is 2.32. The highest BCUT2D eigenvalue weighted by Crippen LogP contribution is 2.26. The number of likely N-dealkylation sites (tertiary alicyclic amines) is 1. The molecule has 2 heterocycles. The van der Waals surface area contributed by atoms with Gasteiger partial charge in [0.25, 0.3) is 0 Å². The van der Waals surface area contributed by atoms with Crippen LogP contribution in [0.2, 0.25) is 5.02 Å². The van der Waals surface area contributed by atoms with Gasteiger partial charge in [-0.05, 0) is 54.7 Å². The van der Waals surface area contributed by atoms with Crippen LogP contribution in [0.15, 0.2) is 48.5 Å². The van der Waals surface area contributed by atoms with Crippen molar-refractivity contribution in [1.29, 1.82) is 0 Å². The van der Waals surface area contributed by atoms with Gasteiger partial charge in [0, 0.05) is 30.2 Å². The van der Waals surface area contributed by atoms with Crippen molar-refractivity contribution < 1.29 is 9.53 Å². The third-order valence-electron chi connectivity index (χ3n) is 6.01. The number of nitrogens with zero attached hydrogens (tertiary/aromatic N) is 1. The summed E-state index contributed by atoms with van der Waals surface area (Å²) in [5.41, 5.74) is 9.08. The second kappa shape index (κ2) is 9.79. The molecular formula is C23H29ClN4O2. The molecule has 30 heavy (non-hydrogen) atoms. The van der Waals surface area contributed by atoms with E-state index in [0.29, 0.717) is 12.6 Å². The molecule has 2 aromatic rings. The summed E-state index contributed by atoms with van der Waals surface area (Å²) in [6.07, 6.45) is 3.66. The summed E-state index contributed by atoms with van der Waals surface area (Å²) < 4.78 is 5.16. The Labute approximate surface area is 182 Å². The predicted molar refractivity (Wildman–Crippen MR) is 118 cm³/mol. The molecular weight excluding hydrogens is 400 g/mol. The van der Waals surface area contributed by atoms with Crippen LogP contribution in [0.5, 0.6) is 5.75 Å². The molecule has 4 rings (SSSR count). The van der Waals surface area contributed by atoms with Gasteiger partial charge in [-0.15, -0.1) is 0 Å². The highest BCUT2D eigenvalue weighted by atomic mass is 35.5. The molecule has 2 aromatic carbocycles. The van der Waals surface area contributed by atoms with Crippen molar-refractivity contribution in [2.45, 2.75) is 43.9 Å². The Morgan fingerprint density at radius 2 is 1.80 bits per heavy atom. The SMILES string of the molecule is COc1ccc(CC(=O)NC2CCN(C3CC(c4ccc(Cl)cc4)NN3)CC2)cc1. The van der Waals surface area contributed by atoms with Crippen LogP contribution in [0, 0.1) is 0 Å². The van der Waals surface area contributed by atoms with E-state index in [2.05, 4.69) is 33.2 Å².